The number of hydrogen-bond acceptors (Lipinski definition) is 7. The SMILES string of the molecule is COc1cc2ccc3c4c(c(OC)c(OC)c3c2cc1OC)C=C(c1cc(=O)oc2c(C)cc(C)cc12)N(C)CC4. The average molecular weight is 552 g/mol. The molecule has 41 heavy (non-hydrogen) atoms. The van der Waals surface area contributed by atoms with Crippen molar-refractivity contribution in [1.29, 1.82) is 0 Å². The number of rotatable bonds is 5. The van der Waals surface area contributed by atoms with Crippen molar-refractivity contribution in [2.75, 3.05) is 42.0 Å². The van der Waals surface area contributed by atoms with Crippen LogP contribution in [0.15, 0.2) is 51.7 Å². The van der Waals surface area contributed by atoms with Crippen LogP contribution < -0.4 is 24.6 Å². The molecular weight excluding hydrogens is 518 g/mol. The van der Waals surface area contributed by atoms with Gasteiger partial charge in [-0.1, -0.05) is 18.2 Å². The maximum absolute atomic E-state index is 12.8. The van der Waals surface area contributed by atoms with Crippen LogP contribution in [0.1, 0.15) is 27.8 Å². The Bertz CT molecular complexity index is 1950. The van der Waals surface area contributed by atoms with Gasteiger partial charge in [-0.3, -0.25) is 0 Å². The molecule has 1 aromatic heterocycles. The molecule has 4 aromatic carbocycles. The lowest BCUT2D eigenvalue weighted by Crippen LogP contribution is -2.19. The average Bonchev–Trinajstić information content (AvgIpc) is 3.14. The van der Waals surface area contributed by atoms with Gasteiger partial charge in [0.15, 0.2) is 23.0 Å². The maximum atomic E-state index is 12.8. The summed E-state index contributed by atoms with van der Waals surface area (Å²) < 4.78 is 29.0. The summed E-state index contributed by atoms with van der Waals surface area (Å²) in [5.74, 6) is 2.60. The number of hydrogen-bond donors (Lipinski definition) is 0. The van der Waals surface area contributed by atoms with Crippen molar-refractivity contribution >= 4 is 44.3 Å². The Kier molecular flexibility index (Phi) is 6.53. The van der Waals surface area contributed by atoms with Crippen LogP contribution in [-0.2, 0) is 6.42 Å². The van der Waals surface area contributed by atoms with Gasteiger partial charge < -0.3 is 28.3 Å². The molecule has 7 nitrogen and oxygen atoms in total. The van der Waals surface area contributed by atoms with Gasteiger partial charge in [-0.05, 0) is 77.4 Å². The molecule has 1 aliphatic rings. The summed E-state index contributed by atoms with van der Waals surface area (Å²) in [5.41, 5.74) is 6.09. The number of methoxy groups -OCH3 is 4. The molecule has 5 aromatic rings. The minimum absolute atomic E-state index is 0.378. The largest absolute Gasteiger partial charge is 0.493 e. The Balaban J connectivity index is 1.72. The third-order valence-corrected chi connectivity index (χ3v) is 8.10. The zero-order valence-electron chi connectivity index (χ0n) is 24.4. The lowest BCUT2D eigenvalue weighted by molar-refractivity contribution is 0.355. The summed E-state index contributed by atoms with van der Waals surface area (Å²) in [6.07, 6.45) is 2.88. The number of likely N-dealkylation sites (N-methyl/N-ethyl adjacent to an activating group) is 1. The quantitative estimate of drug-likeness (QED) is 0.177. The zero-order chi connectivity index (χ0) is 29.0. The van der Waals surface area contributed by atoms with E-state index in [1.54, 1.807) is 34.5 Å². The minimum Gasteiger partial charge on any atom is -0.493 e. The molecule has 2 heterocycles. The molecule has 0 atom stereocenters. The molecular formula is C34H33NO6. The number of nitrogens with zero attached hydrogens (tertiary/aromatic N) is 1. The summed E-state index contributed by atoms with van der Waals surface area (Å²) >= 11 is 0. The Labute approximate surface area is 238 Å². The van der Waals surface area contributed by atoms with Gasteiger partial charge in [0, 0.05) is 47.3 Å². The fourth-order valence-electron chi connectivity index (χ4n) is 6.24. The van der Waals surface area contributed by atoms with Gasteiger partial charge in [0.25, 0.3) is 0 Å². The van der Waals surface area contributed by atoms with Crippen molar-refractivity contribution < 1.29 is 23.4 Å². The van der Waals surface area contributed by atoms with Crippen LogP contribution in [0.4, 0.5) is 0 Å². The molecule has 0 spiro atoms. The molecule has 1 aliphatic heterocycles. The second kappa shape index (κ2) is 10.1. The van der Waals surface area contributed by atoms with Crippen molar-refractivity contribution in [3.05, 3.63) is 80.7 Å². The number of aryl methyl sites for hydroxylation is 2. The predicted octanol–water partition coefficient (Wildman–Crippen LogP) is 6.74. The Morgan fingerprint density at radius 1 is 0.805 bits per heavy atom. The normalized spacial score (nSPS) is 13.2. The van der Waals surface area contributed by atoms with Crippen molar-refractivity contribution in [1.82, 2.24) is 4.90 Å². The molecule has 0 aliphatic carbocycles. The van der Waals surface area contributed by atoms with Gasteiger partial charge in [-0.15, -0.1) is 0 Å². The minimum atomic E-state index is -0.378. The van der Waals surface area contributed by atoms with E-state index in [0.29, 0.717) is 28.6 Å². The van der Waals surface area contributed by atoms with E-state index in [1.807, 2.05) is 25.1 Å². The Hall–Kier alpha value is -4.65. The van der Waals surface area contributed by atoms with Crippen molar-refractivity contribution in [2.45, 2.75) is 20.3 Å². The van der Waals surface area contributed by atoms with Crippen molar-refractivity contribution in [3.8, 4) is 23.0 Å². The molecule has 0 radical (unpaired) electrons. The van der Waals surface area contributed by atoms with E-state index >= 15 is 0 Å². The summed E-state index contributed by atoms with van der Waals surface area (Å²) in [7, 11) is 8.66. The van der Waals surface area contributed by atoms with E-state index in [0.717, 1.165) is 73.4 Å². The fraction of sp³-hybridized carbons (Fsp3) is 0.265. The maximum Gasteiger partial charge on any atom is 0.336 e. The van der Waals surface area contributed by atoms with Crippen molar-refractivity contribution in [3.63, 3.8) is 0 Å². The first-order valence-electron chi connectivity index (χ1n) is 13.5. The first-order valence-corrected chi connectivity index (χ1v) is 13.5. The molecule has 6 rings (SSSR count). The van der Waals surface area contributed by atoms with Crippen LogP contribution in [0, 0.1) is 13.8 Å². The van der Waals surface area contributed by atoms with E-state index in [2.05, 4.69) is 43.1 Å². The summed E-state index contributed by atoms with van der Waals surface area (Å²) in [5, 5.41) is 4.93. The van der Waals surface area contributed by atoms with E-state index in [4.69, 9.17) is 23.4 Å². The Morgan fingerprint density at radius 3 is 2.24 bits per heavy atom. The number of ether oxygens (including phenoxy) is 4. The topological polar surface area (TPSA) is 70.4 Å². The van der Waals surface area contributed by atoms with Gasteiger partial charge in [0.05, 0.1) is 28.4 Å². The van der Waals surface area contributed by atoms with E-state index in [1.165, 1.54) is 0 Å². The van der Waals surface area contributed by atoms with Crippen LogP contribution in [0.25, 0.3) is 44.3 Å². The van der Waals surface area contributed by atoms with Crippen LogP contribution in [0.3, 0.4) is 0 Å². The van der Waals surface area contributed by atoms with E-state index < -0.39 is 0 Å². The second-order valence-corrected chi connectivity index (χ2v) is 10.5. The molecule has 210 valence electrons. The molecule has 0 saturated carbocycles. The van der Waals surface area contributed by atoms with Crippen LogP contribution >= 0.6 is 0 Å². The first-order chi connectivity index (χ1) is 19.8. The lowest BCUT2D eigenvalue weighted by atomic mass is 9.91. The highest BCUT2D eigenvalue weighted by Crippen LogP contribution is 2.49. The summed E-state index contributed by atoms with van der Waals surface area (Å²) in [6.45, 7) is 4.76. The highest BCUT2D eigenvalue weighted by atomic mass is 16.5. The summed E-state index contributed by atoms with van der Waals surface area (Å²) in [4.78, 5) is 15.0. The van der Waals surface area contributed by atoms with Crippen LogP contribution in [0.2, 0.25) is 0 Å². The van der Waals surface area contributed by atoms with Crippen LogP contribution in [0.5, 0.6) is 23.0 Å². The summed E-state index contributed by atoms with van der Waals surface area (Å²) in [6, 6.07) is 13.9. The molecule has 0 N–H and O–H groups in total. The van der Waals surface area contributed by atoms with Gasteiger partial charge in [-0.25, -0.2) is 4.79 Å². The smallest absolute Gasteiger partial charge is 0.336 e. The highest BCUT2D eigenvalue weighted by Gasteiger charge is 2.27. The second-order valence-electron chi connectivity index (χ2n) is 10.5. The predicted molar refractivity (Wildman–Crippen MR) is 164 cm³/mol. The van der Waals surface area contributed by atoms with Gasteiger partial charge in [-0.2, -0.15) is 0 Å². The van der Waals surface area contributed by atoms with E-state index in [-0.39, 0.29) is 5.63 Å². The van der Waals surface area contributed by atoms with Gasteiger partial charge >= 0.3 is 5.63 Å². The molecule has 0 bridgehead atoms. The van der Waals surface area contributed by atoms with Gasteiger partial charge in [0.2, 0.25) is 0 Å². The number of benzene rings is 4. The molecule has 7 heteroatoms. The molecule has 0 amide bonds. The monoisotopic (exact) mass is 551 g/mol. The lowest BCUT2D eigenvalue weighted by Gasteiger charge is -2.22. The van der Waals surface area contributed by atoms with Crippen molar-refractivity contribution in [2.24, 2.45) is 0 Å². The molecule has 0 fully saturated rings. The molecule has 0 unspecified atom stereocenters. The zero-order valence-corrected chi connectivity index (χ0v) is 24.4. The third-order valence-electron chi connectivity index (χ3n) is 8.10. The van der Waals surface area contributed by atoms with Crippen LogP contribution in [-0.4, -0.2) is 46.9 Å². The standard InChI is InChI=1S/C34H33NO6/c1-18-12-19(2)32-25(13-18)24(17-30(36)41-32)27-15-26-21(10-11-35(27)3)22-9-8-20-14-28(37-4)29(38-5)16-23(20)31(22)34(40-7)33(26)39-6/h8-9,12-17H,10-11H2,1-7H3. The fourth-order valence-corrected chi connectivity index (χ4v) is 6.24. The Morgan fingerprint density at radius 2 is 1.54 bits per heavy atom. The highest BCUT2D eigenvalue weighted by molar-refractivity contribution is 6.15. The van der Waals surface area contributed by atoms with E-state index in [9.17, 15) is 4.79 Å². The van der Waals surface area contributed by atoms with Gasteiger partial charge in [0.1, 0.15) is 5.58 Å². The first kappa shape index (κ1) is 26.6. The molecule has 0 saturated heterocycles. The third kappa shape index (κ3) is 4.15. The number of fused-ring (bicyclic) bond motifs is 6.